The lowest BCUT2D eigenvalue weighted by molar-refractivity contribution is -0.133. The summed E-state index contributed by atoms with van der Waals surface area (Å²) in [6.07, 6.45) is -0.846. The van der Waals surface area contributed by atoms with Crippen molar-refractivity contribution in [3.63, 3.8) is 0 Å². The third-order valence-corrected chi connectivity index (χ3v) is 5.99. The quantitative estimate of drug-likeness (QED) is 0.237. The molecule has 0 N–H and O–H groups in total. The molecule has 1 aromatic heterocycles. The number of pyridine rings is 1. The Morgan fingerprint density at radius 3 is 2.23 bits per heavy atom. The van der Waals surface area contributed by atoms with Crippen molar-refractivity contribution >= 4 is 23.8 Å². The number of para-hydroxylation sites is 2. The highest BCUT2D eigenvalue weighted by Crippen LogP contribution is 2.50. The fourth-order valence-electron chi connectivity index (χ4n) is 4.34. The molecule has 4 aromatic rings. The Balaban J connectivity index is 1.69. The second-order valence-corrected chi connectivity index (χ2v) is 8.40. The van der Waals surface area contributed by atoms with Gasteiger partial charge >= 0.3 is 12.2 Å². The molecule has 0 bridgehead atoms. The van der Waals surface area contributed by atoms with Crippen LogP contribution in [0.2, 0.25) is 0 Å². The summed E-state index contributed by atoms with van der Waals surface area (Å²) in [5.74, 6) is -0.653. The van der Waals surface area contributed by atoms with Gasteiger partial charge in [0.15, 0.2) is 0 Å². The van der Waals surface area contributed by atoms with E-state index in [-0.39, 0.29) is 46.4 Å². The van der Waals surface area contributed by atoms with Gasteiger partial charge in [0, 0.05) is 11.8 Å². The van der Waals surface area contributed by atoms with Crippen LogP contribution in [0.1, 0.15) is 23.6 Å². The molecule has 10 heteroatoms. The zero-order valence-electron chi connectivity index (χ0n) is 21.1. The summed E-state index contributed by atoms with van der Waals surface area (Å²) < 4.78 is 22.4. The van der Waals surface area contributed by atoms with Gasteiger partial charge in [-0.2, -0.15) is 5.26 Å². The minimum Gasteiger partial charge on any atom is -0.478 e. The van der Waals surface area contributed by atoms with E-state index < -0.39 is 23.8 Å². The van der Waals surface area contributed by atoms with Crippen LogP contribution in [0.5, 0.6) is 17.4 Å². The Hall–Kier alpha value is -5.69. The number of carbonyl (C=O) groups is 3. The van der Waals surface area contributed by atoms with Crippen molar-refractivity contribution < 1.29 is 33.3 Å². The molecule has 2 heterocycles. The van der Waals surface area contributed by atoms with Gasteiger partial charge in [-0.25, -0.2) is 19.5 Å². The van der Waals surface area contributed by atoms with Gasteiger partial charge in [-0.05, 0) is 61.5 Å². The summed E-state index contributed by atoms with van der Waals surface area (Å²) in [5, 5.41) is 9.65. The third kappa shape index (κ3) is 4.68. The second kappa shape index (κ2) is 11.0. The number of rotatable bonds is 6. The number of nitriles is 1. The van der Waals surface area contributed by atoms with Crippen molar-refractivity contribution in [1.82, 2.24) is 4.98 Å². The zero-order chi connectivity index (χ0) is 28.1. The van der Waals surface area contributed by atoms with Crippen molar-refractivity contribution in [2.75, 3.05) is 11.5 Å². The summed E-state index contributed by atoms with van der Waals surface area (Å²) in [5.41, 5.74) is -2.07. The maximum atomic E-state index is 14.4. The van der Waals surface area contributed by atoms with Crippen molar-refractivity contribution in [2.45, 2.75) is 12.5 Å². The number of aromatic nitrogens is 1. The van der Waals surface area contributed by atoms with E-state index in [1.54, 1.807) is 55.5 Å². The van der Waals surface area contributed by atoms with Crippen LogP contribution in [0.4, 0.5) is 15.3 Å². The Morgan fingerprint density at radius 2 is 1.57 bits per heavy atom. The molecule has 2 amide bonds. The smallest absolute Gasteiger partial charge is 0.478 e. The fourth-order valence-corrected chi connectivity index (χ4v) is 4.34. The average molecular weight is 536 g/mol. The largest absolute Gasteiger partial charge is 0.515 e. The predicted octanol–water partition coefficient (Wildman–Crippen LogP) is 5.36. The highest BCUT2D eigenvalue weighted by molar-refractivity contribution is 6.22. The van der Waals surface area contributed by atoms with Gasteiger partial charge in [0.25, 0.3) is 11.5 Å². The number of imide groups is 1. The van der Waals surface area contributed by atoms with E-state index in [0.29, 0.717) is 0 Å². The number of hydrogen-bond donors (Lipinski definition) is 0. The molecule has 5 rings (SSSR count). The zero-order valence-corrected chi connectivity index (χ0v) is 21.1. The first-order valence-electron chi connectivity index (χ1n) is 12.2. The molecule has 198 valence electrons. The summed E-state index contributed by atoms with van der Waals surface area (Å²) >= 11 is 0. The molecule has 1 aliphatic rings. The number of fused-ring (bicyclic) bond motifs is 1. The Kier molecular flexibility index (Phi) is 7.11. The van der Waals surface area contributed by atoms with Crippen LogP contribution in [-0.2, 0) is 15.1 Å². The molecule has 0 aliphatic carbocycles. The van der Waals surface area contributed by atoms with E-state index in [0.717, 1.165) is 4.90 Å². The van der Waals surface area contributed by atoms with Crippen LogP contribution in [0, 0.1) is 11.3 Å². The minimum absolute atomic E-state index is 0.0163. The molecule has 1 atom stereocenters. The topological polar surface area (TPSA) is 128 Å². The van der Waals surface area contributed by atoms with Gasteiger partial charge in [-0.3, -0.25) is 4.79 Å². The maximum Gasteiger partial charge on any atom is 0.515 e. The first-order valence-corrected chi connectivity index (χ1v) is 12.2. The maximum absolute atomic E-state index is 14.4. The molecule has 0 radical (unpaired) electrons. The van der Waals surface area contributed by atoms with Gasteiger partial charge < -0.3 is 18.9 Å². The highest BCUT2D eigenvalue weighted by Gasteiger charge is 2.60. The molecule has 1 aliphatic heterocycles. The summed E-state index contributed by atoms with van der Waals surface area (Å²) in [6.45, 7) is 1.89. The lowest BCUT2D eigenvalue weighted by atomic mass is 9.87. The molecule has 1 unspecified atom stereocenters. The van der Waals surface area contributed by atoms with E-state index in [1.165, 1.54) is 48.7 Å². The molecule has 0 fully saturated rings. The van der Waals surface area contributed by atoms with Crippen molar-refractivity contribution in [3.8, 4) is 23.4 Å². The molecular weight excluding hydrogens is 514 g/mol. The summed E-state index contributed by atoms with van der Waals surface area (Å²) in [7, 11) is 0. The number of hydrogen-bond acceptors (Lipinski definition) is 9. The Bertz CT molecular complexity index is 1620. The second-order valence-electron chi connectivity index (χ2n) is 8.40. The number of carbonyl (C=O) groups excluding carboxylic acids is 3. The van der Waals surface area contributed by atoms with E-state index in [1.807, 2.05) is 6.07 Å². The van der Waals surface area contributed by atoms with Gasteiger partial charge in [0.05, 0.1) is 29.5 Å². The SMILES string of the molecule is CCOc1ncccc1C1(OC(=O)Oc2ccccc2)C(=O)N(C(=O)Oc2ccccc2)c2ccc(C#N)cc21. The normalized spacial score (nSPS) is 15.5. The van der Waals surface area contributed by atoms with Crippen LogP contribution in [0.25, 0.3) is 0 Å². The molecule has 3 aromatic carbocycles. The average Bonchev–Trinajstić information content (AvgIpc) is 3.21. The lowest BCUT2D eigenvalue weighted by Crippen LogP contribution is -2.48. The first kappa shape index (κ1) is 25.9. The van der Waals surface area contributed by atoms with Crippen LogP contribution in [-0.4, -0.2) is 29.7 Å². The summed E-state index contributed by atoms with van der Waals surface area (Å²) in [4.78, 5) is 46.1. The van der Waals surface area contributed by atoms with Gasteiger partial charge in [-0.15, -0.1) is 0 Å². The van der Waals surface area contributed by atoms with Crippen molar-refractivity contribution in [1.29, 1.82) is 5.26 Å². The van der Waals surface area contributed by atoms with Crippen LogP contribution >= 0.6 is 0 Å². The van der Waals surface area contributed by atoms with Crippen LogP contribution in [0.3, 0.4) is 0 Å². The van der Waals surface area contributed by atoms with Crippen LogP contribution < -0.4 is 19.1 Å². The number of amides is 2. The molecule has 10 nitrogen and oxygen atoms in total. The number of benzene rings is 3. The Labute approximate surface area is 228 Å². The molecule has 40 heavy (non-hydrogen) atoms. The third-order valence-electron chi connectivity index (χ3n) is 5.99. The van der Waals surface area contributed by atoms with Gasteiger partial charge in [0.2, 0.25) is 5.88 Å². The predicted molar refractivity (Wildman–Crippen MR) is 141 cm³/mol. The monoisotopic (exact) mass is 535 g/mol. The molecular formula is C30H21N3O7. The molecule has 0 saturated carbocycles. The lowest BCUT2D eigenvalue weighted by Gasteiger charge is -2.29. The van der Waals surface area contributed by atoms with E-state index in [2.05, 4.69) is 4.98 Å². The van der Waals surface area contributed by atoms with Crippen molar-refractivity contribution in [2.24, 2.45) is 0 Å². The number of nitrogens with zero attached hydrogens (tertiary/aromatic N) is 3. The number of anilines is 1. The Morgan fingerprint density at radius 1 is 0.900 bits per heavy atom. The summed E-state index contributed by atoms with van der Waals surface area (Å²) in [6, 6.07) is 25.5. The molecule has 0 saturated heterocycles. The van der Waals surface area contributed by atoms with E-state index in [4.69, 9.17) is 18.9 Å². The first-order chi connectivity index (χ1) is 19.5. The molecule has 0 spiro atoms. The van der Waals surface area contributed by atoms with E-state index >= 15 is 0 Å². The fraction of sp³-hybridized carbons (Fsp3) is 0.100. The van der Waals surface area contributed by atoms with Gasteiger partial charge in [0.1, 0.15) is 11.5 Å². The van der Waals surface area contributed by atoms with Gasteiger partial charge in [-0.1, -0.05) is 36.4 Å². The minimum atomic E-state index is -2.32. The number of ether oxygens (including phenoxy) is 4. The van der Waals surface area contributed by atoms with Crippen LogP contribution in [0.15, 0.2) is 97.2 Å². The van der Waals surface area contributed by atoms with E-state index in [9.17, 15) is 19.6 Å². The van der Waals surface area contributed by atoms with Crippen molar-refractivity contribution in [3.05, 3.63) is 114 Å². The highest BCUT2D eigenvalue weighted by atomic mass is 16.7. The standard InChI is InChI=1S/C30H21N3O7/c1-2-37-26-23(14-9-17-32-26)30(40-29(36)39-22-12-7-4-8-13-22)24-18-20(19-31)15-16-25(24)33(27(30)34)28(35)38-21-10-5-3-6-11-21/h3-18H,2H2,1H3.